The summed E-state index contributed by atoms with van der Waals surface area (Å²) in [5, 5.41) is 0.351. The van der Waals surface area contributed by atoms with Crippen molar-refractivity contribution in [3.63, 3.8) is 0 Å². The van der Waals surface area contributed by atoms with Crippen LogP contribution in [0.2, 0.25) is 0 Å². The highest BCUT2D eigenvalue weighted by Crippen LogP contribution is 2.39. The molecule has 1 aliphatic heterocycles. The number of carbonyl (C=O) groups is 1. The third-order valence-electron chi connectivity index (χ3n) is 4.75. The largest absolute Gasteiger partial charge is 0.299 e. The quantitative estimate of drug-likeness (QED) is 0.723. The summed E-state index contributed by atoms with van der Waals surface area (Å²) < 4.78 is 0. The molecule has 0 spiro atoms. The van der Waals surface area contributed by atoms with Crippen molar-refractivity contribution in [1.82, 2.24) is 4.90 Å². The first kappa shape index (κ1) is 17.2. The Morgan fingerprint density at radius 3 is 2.17 bits per heavy atom. The van der Waals surface area contributed by atoms with Crippen molar-refractivity contribution in [1.29, 1.82) is 0 Å². The predicted octanol–water partition coefficient (Wildman–Crippen LogP) is 5.18. The lowest BCUT2D eigenvalue weighted by atomic mass is 10.0. The van der Waals surface area contributed by atoms with Crippen LogP contribution in [0.15, 0.2) is 60.7 Å². The van der Waals surface area contributed by atoms with Crippen LogP contribution in [-0.4, -0.2) is 29.1 Å². The zero-order valence-electron chi connectivity index (χ0n) is 14.2. The van der Waals surface area contributed by atoms with Gasteiger partial charge in [-0.05, 0) is 37.9 Å². The molecule has 0 bridgehead atoms. The van der Waals surface area contributed by atoms with E-state index >= 15 is 0 Å². The lowest BCUT2D eigenvalue weighted by Crippen LogP contribution is -2.36. The van der Waals surface area contributed by atoms with Crippen molar-refractivity contribution in [2.24, 2.45) is 0 Å². The van der Waals surface area contributed by atoms with E-state index in [0.29, 0.717) is 6.04 Å². The SMILES string of the molecule is CC[C@H]([C@@H](SC(=O)c1ccccc1)c1ccccc1)N1CCCC1. The molecule has 1 aliphatic rings. The highest BCUT2D eigenvalue weighted by molar-refractivity contribution is 8.14. The second kappa shape index (κ2) is 8.50. The van der Waals surface area contributed by atoms with Gasteiger partial charge in [0.25, 0.3) is 0 Å². The average molecular weight is 340 g/mol. The number of benzene rings is 2. The molecule has 2 atom stereocenters. The van der Waals surface area contributed by atoms with E-state index in [-0.39, 0.29) is 10.4 Å². The maximum Gasteiger partial charge on any atom is 0.220 e. The summed E-state index contributed by atoms with van der Waals surface area (Å²) >= 11 is 1.49. The Morgan fingerprint density at radius 1 is 1.00 bits per heavy atom. The van der Waals surface area contributed by atoms with Gasteiger partial charge in [-0.3, -0.25) is 9.69 Å². The predicted molar refractivity (Wildman–Crippen MR) is 102 cm³/mol. The molecule has 2 aromatic rings. The highest BCUT2D eigenvalue weighted by Gasteiger charge is 2.31. The molecule has 3 rings (SSSR count). The van der Waals surface area contributed by atoms with Crippen LogP contribution in [0.1, 0.15) is 47.4 Å². The van der Waals surface area contributed by atoms with Crippen LogP contribution in [0.5, 0.6) is 0 Å². The number of hydrogen-bond acceptors (Lipinski definition) is 3. The summed E-state index contributed by atoms with van der Waals surface area (Å²) in [6.45, 7) is 4.55. The van der Waals surface area contributed by atoms with E-state index in [9.17, 15) is 4.79 Å². The van der Waals surface area contributed by atoms with E-state index in [1.165, 1.54) is 30.2 Å². The van der Waals surface area contributed by atoms with Crippen molar-refractivity contribution in [3.05, 3.63) is 71.8 Å². The minimum absolute atomic E-state index is 0.169. The molecule has 24 heavy (non-hydrogen) atoms. The average Bonchev–Trinajstić information content (AvgIpc) is 3.17. The van der Waals surface area contributed by atoms with Crippen molar-refractivity contribution in [3.8, 4) is 0 Å². The smallest absolute Gasteiger partial charge is 0.220 e. The molecular formula is C21H25NOS. The minimum Gasteiger partial charge on any atom is -0.299 e. The highest BCUT2D eigenvalue weighted by atomic mass is 32.2. The van der Waals surface area contributed by atoms with E-state index in [1.54, 1.807) is 0 Å². The van der Waals surface area contributed by atoms with Gasteiger partial charge in [-0.25, -0.2) is 0 Å². The van der Waals surface area contributed by atoms with Gasteiger partial charge in [0.1, 0.15) is 0 Å². The van der Waals surface area contributed by atoms with Gasteiger partial charge in [0, 0.05) is 11.6 Å². The normalized spacial score (nSPS) is 17.5. The van der Waals surface area contributed by atoms with E-state index < -0.39 is 0 Å². The molecule has 126 valence electrons. The zero-order chi connectivity index (χ0) is 16.8. The number of hydrogen-bond donors (Lipinski definition) is 0. The number of nitrogens with zero attached hydrogens (tertiary/aromatic N) is 1. The van der Waals surface area contributed by atoms with Crippen LogP contribution in [0.25, 0.3) is 0 Å². The lowest BCUT2D eigenvalue weighted by molar-refractivity contribution is 0.108. The van der Waals surface area contributed by atoms with Crippen LogP contribution < -0.4 is 0 Å². The molecular weight excluding hydrogens is 314 g/mol. The van der Waals surface area contributed by atoms with Crippen molar-refractivity contribution < 1.29 is 4.79 Å². The molecule has 0 amide bonds. The van der Waals surface area contributed by atoms with Gasteiger partial charge in [-0.15, -0.1) is 0 Å². The Kier molecular flexibility index (Phi) is 6.11. The first-order chi connectivity index (χ1) is 11.8. The maximum atomic E-state index is 12.8. The fourth-order valence-corrected chi connectivity index (χ4v) is 4.82. The van der Waals surface area contributed by atoms with Crippen LogP contribution in [0.4, 0.5) is 0 Å². The maximum absolute atomic E-state index is 12.8. The minimum atomic E-state index is 0.169. The molecule has 2 nitrogen and oxygen atoms in total. The molecule has 1 fully saturated rings. The molecule has 1 heterocycles. The van der Waals surface area contributed by atoms with Crippen LogP contribution in [0.3, 0.4) is 0 Å². The summed E-state index contributed by atoms with van der Waals surface area (Å²) in [4.78, 5) is 15.4. The summed E-state index contributed by atoms with van der Waals surface area (Å²) in [6.07, 6.45) is 3.61. The van der Waals surface area contributed by atoms with Crippen molar-refractivity contribution in [2.75, 3.05) is 13.1 Å². The van der Waals surface area contributed by atoms with Crippen LogP contribution in [-0.2, 0) is 0 Å². The molecule has 0 radical (unpaired) electrons. The molecule has 0 saturated carbocycles. The fourth-order valence-electron chi connectivity index (χ4n) is 3.51. The van der Waals surface area contributed by atoms with Gasteiger partial charge < -0.3 is 0 Å². The topological polar surface area (TPSA) is 20.3 Å². The second-order valence-electron chi connectivity index (χ2n) is 6.32. The molecule has 2 aromatic carbocycles. The van der Waals surface area contributed by atoms with Crippen molar-refractivity contribution in [2.45, 2.75) is 37.5 Å². The summed E-state index contributed by atoms with van der Waals surface area (Å²) in [7, 11) is 0. The van der Waals surface area contributed by atoms with E-state index in [4.69, 9.17) is 0 Å². The number of thioether (sulfide) groups is 1. The monoisotopic (exact) mass is 339 g/mol. The second-order valence-corrected chi connectivity index (χ2v) is 7.44. The Balaban J connectivity index is 1.85. The standard InChI is InChI=1S/C21H25NOS/c1-2-19(22-15-9-10-16-22)20(17-11-5-3-6-12-17)24-21(23)18-13-7-4-8-14-18/h3-8,11-14,19-20H,2,9-10,15-16H2,1H3/t19-,20+/m1/s1. The van der Waals surface area contributed by atoms with Gasteiger partial charge in [0.05, 0.1) is 5.25 Å². The van der Waals surface area contributed by atoms with Gasteiger partial charge in [0.15, 0.2) is 0 Å². The number of rotatable bonds is 6. The number of carbonyl (C=O) groups excluding carboxylic acids is 1. The zero-order valence-corrected chi connectivity index (χ0v) is 15.0. The molecule has 1 saturated heterocycles. The summed E-state index contributed by atoms with van der Waals surface area (Å²) in [5.74, 6) is 0. The Bertz CT molecular complexity index is 637. The van der Waals surface area contributed by atoms with Gasteiger partial charge >= 0.3 is 0 Å². The third-order valence-corrected chi connectivity index (χ3v) is 6.04. The Morgan fingerprint density at radius 2 is 1.58 bits per heavy atom. The van der Waals surface area contributed by atoms with Crippen LogP contribution >= 0.6 is 11.8 Å². The Labute approximate surface area is 149 Å². The summed E-state index contributed by atoms with van der Waals surface area (Å²) in [5.41, 5.74) is 2.05. The van der Waals surface area contributed by atoms with E-state index in [2.05, 4.69) is 36.1 Å². The van der Waals surface area contributed by atoms with E-state index in [0.717, 1.165) is 25.1 Å². The first-order valence-electron chi connectivity index (χ1n) is 8.84. The molecule has 0 N–H and O–H groups in total. The van der Waals surface area contributed by atoms with Crippen LogP contribution in [0, 0.1) is 0 Å². The molecule has 0 unspecified atom stereocenters. The van der Waals surface area contributed by atoms with Crippen molar-refractivity contribution >= 4 is 16.9 Å². The Hall–Kier alpha value is -1.58. The first-order valence-corrected chi connectivity index (χ1v) is 9.72. The van der Waals surface area contributed by atoms with Gasteiger partial charge in [0.2, 0.25) is 5.12 Å². The number of likely N-dealkylation sites (tertiary alicyclic amines) is 1. The third kappa shape index (κ3) is 4.08. The van der Waals surface area contributed by atoms with Gasteiger partial charge in [-0.2, -0.15) is 0 Å². The van der Waals surface area contributed by atoms with E-state index in [1.807, 2.05) is 36.4 Å². The molecule has 0 aromatic heterocycles. The van der Waals surface area contributed by atoms with Gasteiger partial charge in [-0.1, -0.05) is 79.3 Å². The summed E-state index contributed by atoms with van der Waals surface area (Å²) in [6, 6.07) is 20.6. The molecule has 3 heteroatoms. The fraction of sp³-hybridized carbons (Fsp3) is 0.381. The molecule has 0 aliphatic carbocycles. The lowest BCUT2D eigenvalue weighted by Gasteiger charge is -2.33.